The number of nitrogens with one attached hydrogen (secondary N) is 2. The Labute approximate surface area is 237 Å². The summed E-state index contributed by atoms with van der Waals surface area (Å²) < 4.78 is 55.8. The summed E-state index contributed by atoms with van der Waals surface area (Å²) in [5.41, 5.74) is 1.70. The molecule has 39 heavy (non-hydrogen) atoms. The monoisotopic (exact) mass is 603 g/mol. The molecule has 0 spiro atoms. The van der Waals surface area contributed by atoms with Crippen LogP contribution in [0.1, 0.15) is 5.56 Å². The number of hydrogen-bond acceptors (Lipinski definition) is 5. The number of nitrogens with zero attached hydrogens (tertiary/aromatic N) is 1. The summed E-state index contributed by atoms with van der Waals surface area (Å²) in [7, 11) is -8.03. The molecule has 12 heteroatoms. The van der Waals surface area contributed by atoms with E-state index in [0.29, 0.717) is 5.69 Å². The average Bonchev–Trinajstić information content (AvgIpc) is 2.87. The highest BCUT2D eigenvalue weighted by Gasteiger charge is 2.28. The Bertz CT molecular complexity index is 1690. The van der Waals surface area contributed by atoms with Crippen molar-refractivity contribution in [1.82, 2.24) is 0 Å². The van der Waals surface area contributed by atoms with Crippen LogP contribution in [0.25, 0.3) is 0 Å². The van der Waals surface area contributed by atoms with Crippen molar-refractivity contribution in [1.29, 1.82) is 0 Å². The lowest BCUT2D eigenvalue weighted by Gasteiger charge is -2.24. The fraction of sp³-hybridized carbons (Fsp3) is 0.0741. The van der Waals surface area contributed by atoms with Crippen molar-refractivity contribution in [3.8, 4) is 0 Å². The summed E-state index contributed by atoms with van der Waals surface area (Å²) in [4.78, 5) is 13.0. The van der Waals surface area contributed by atoms with E-state index in [1.807, 2.05) is 13.0 Å². The highest BCUT2D eigenvalue weighted by Crippen LogP contribution is 2.30. The van der Waals surface area contributed by atoms with E-state index in [9.17, 15) is 21.6 Å². The van der Waals surface area contributed by atoms with Crippen LogP contribution in [-0.4, -0.2) is 29.3 Å². The number of halogens is 2. The van der Waals surface area contributed by atoms with Gasteiger partial charge in [-0.1, -0.05) is 53.5 Å². The molecular weight excluding hydrogens is 581 g/mol. The number of carbonyl (C=O) groups excluding carboxylic acids is 1. The van der Waals surface area contributed by atoms with Crippen molar-refractivity contribution >= 4 is 66.2 Å². The van der Waals surface area contributed by atoms with Crippen molar-refractivity contribution in [2.45, 2.75) is 16.7 Å². The van der Waals surface area contributed by atoms with Crippen molar-refractivity contribution in [2.75, 3.05) is 20.9 Å². The van der Waals surface area contributed by atoms with Gasteiger partial charge in [-0.05, 0) is 79.2 Å². The van der Waals surface area contributed by atoms with E-state index in [-0.39, 0.29) is 31.2 Å². The lowest BCUT2D eigenvalue weighted by atomic mass is 10.2. The highest BCUT2D eigenvalue weighted by molar-refractivity contribution is 7.93. The van der Waals surface area contributed by atoms with Crippen LogP contribution in [0.15, 0.2) is 107 Å². The van der Waals surface area contributed by atoms with Gasteiger partial charge in [0.1, 0.15) is 6.54 Å². The maximum atomic E-state index is 13.5. The predicted octanol–water partition coefficient (Wildman–Crippen LogP) is 5.94. The Balaban J connectivity index is 1.54. The third-order valence-corrected chi connectivity index (χ3v) is 9.09. The number of sulfonamides is 2. The highest BCUT2D eigenvalue weighted by atomic mass is 35.5. The standard InChI is InChI=1S/C27H23Cl2N3O5S2/c1-19-6-5-7-23(14-19)31-38(34,35)25-12-10-22(11-13-25)30-27(33)18-32(24-16-20(28)15-21(29)17-24)39(36,37)26-8-3-2-4-9-26/h2-17,31H,18H2,1H3,(H,30,33). The smallest absolute Gasteiger partial charge is 0.264 e. The Hall–Kier alpha value is -3.57. The summed E-state index contributed by atoms with van der Waals surface area (Å²) in [6, 6.07) is 24.3. The van der Waals surface area contributed by atoms with E-state index < -0.39 is 32.5 Å². The van der Waals surface area contributed by atoms with E-state index in [4.69, 9.17) is 23.2 Å². The minimum Gasteiger partial charge on any atom is -0.325 e. The van der Waals surface area contributed by atoms with Gasteiger partial charge in [0.2, 0.25) is 5.91 Å². The SMILES string of the molecule is Cc1cccc(NS(=O)(=O)c2ccc(NC(=O)CN(c3cc(Cl)cc(Cl)c3)S(=O)(=O)c3ccccc3)cc2)c1. The van der Waals surface area contributed by atoms with Crippen LogP contribution in [-0.2, 0) is 24.8 Å². The molecule has 0 aliphatic rings. The second kappa shape index (κ2) is 11.7. The number of rotatable bonds is 9. The molecule has 1 amide bonds. The quantitative estimate of drug-likeness (QED) is 0.246. The van der Waals surface area contributed by atoms with Crippen LogP contribution in [0.3, 0.4) is 0 Å². The molecule has 0 aliphatic carbocycles. The van der Waals surface area contributed by atoms with Gasteiger partial charge in [0.05, 0.1) is 15.5 Å². The molecular formula is C27H23Cl2N3O5S2. The largest absolute Gasteiger partial charge is 0.325 e. The normalized spacial score (nSPS) is 11.6. The zero-order chi connectivity index (χ0) is 28.2. The number of carbonyl (C=O) groups is 1. The number of anilines is 3. The fourth-order valence-electron chi connectivity index (χ4n) is 3.69. The second-order valence-corrected chi connectivity index (χ2v) is 12.9. The first-order valence-electron chi connectivity index (χ1n) is 11.5. The number of hydrogen-bond donors (Lipinski definition) is 2. The zero-order valence-electron chi connectivity index (χ0n) is 20.5. The second-order valence-electron chi connectivity index (χ2n) is 8.50. The number of aryl methyl sites for hydroxylation is 1. The lowest BCUT2D eigenvalue weighted by molar-refractivity contribution is -0.114. The molecule has 0 heterocycles. The summed E-state index contributed by atoms with van der Waals surface area (Å²) in [5.74, 6) is -0.668. The first-order valence-corrected chi connectivity index (χ1v) is 15.2. The van der Waals surface area contributed by atoms with Crippen molar-refractivity contribution in [2.24, 2.45) is 0 Å². The molecule has 0 aromatic heterocycles. The zero-order valence-corrected chi connectivity index (χ0v) is 23.7. The maximum Gasteiger partial charge on any atom is 0.264 e. The molecule has 2 N–H and O–H groups in total. The summed E-state index contributed by atoms with van der Waals surface area (Å²) in [6.07, 6.45) is 0. The van der Waals surface area contributed by atoms with Crippen LogP contribution >= 0.6 is 23.2 Å². The van der Waals surface area contributed by atoms with Crippen LogP contribution in [0.2, 0.25) is 10.0 Å². The minimum absolute atomic E-state index is 0.0103. The fourth-order valence-corrected chi connectivity index (χ4v) is 6.68. The van der Waals surface area contributed by atoms with E-state index in [0.717, 1.165) is 9.87 Å². The lowest BCUT2D eigenvalue weighted by Crippen LogP contribution is -2.38. The minimum atomic E-state index is -4.17. The topological polar surface area (TPSA) is 113 Å². The Morgan fingerprint density at radius 2 is 1.38 bits per heavy atom. The van der Waals surface area contributed by atoms with Crippen molar-refractivity contribution in [3.05, 3.63) is 113 Å². The van der Waals surface area contributed by atoms with E-state index in [1.54, 1.807) is 36.4 Å². The number of benzene rings is 4. The summed E-state index contributed by atoms with van der Waals surface area (Å²) in [6.45, 7) is 1.26. The van der Waals surface area contributed by atoms with Crippen LogP contribution in [0.4, 0.5) is 17.1 Å². The van der Waals surface area contributed by atoms with E-state index in [1.165, 1.54) is 54.6 Å². The van der Waals surface area contributed by atoms with Gasteiger partial charge in [-0.15, -0.1) is 0 Å². The van der Waals surface area contributed by atoms with Crippen LogP contribution in [0.5, 0.6) is 0 Å². The molecule has 8 nitrogen and oxygen atoms in total. The molecule has 4 aromatic carbocycles. The average molecular weight is 605 g/mol. The molecule has 0 unspecified atom stereocenters. The molecule has 0 saturated heterocycles. The Kier molecular flexibility index (Phi) is 8.51. The van der Waals surface area contributed by atoms with E-state index in [2.05, 4.69) is 10.0 Å². The summed E-state index contributed by atoms with van der Waals surface area (Å²) >= 11 is 12.2. The first-order chi connectivity index (χ1) is 18.4. The molecule has 4 rings (SSSR count). The Morgan fingerprint density at radius 3 is 2.00 bits per heavy atom. The molecule has 0 bridgehead atoms. The first kappa shape index (κ1) is 28.4. The third-order valence-electron chi connectivity index (χ3n) is 5.47. The van der Waals surface area contributed by atoms with Crippen LogP contribution < -0.4 is 14.3 Å². The van der Waals surface area contributed by atoms with E-state index >= 15 is 0 Å². The molecule has 0 atom stereocenters. The molecule has 0 aliphatic heterocycles. The number of amides is 1. The van der Waals surface area contributed by atoms with Crippen molar-refractivity contribution in [3.63, 3.8) is 0 Å². The van der Waals surface area contributed by atoms with Gasteiger partial charge in [0, 0.05) is 21.4 Å². The molecule has 0 radical (unpaired) electrons. The van der Waals surface area contributed by atoms with Gasteiger partial charge in [-0.25, -0.2) is 16.8 Å². The van der Waals surface area contributed by atoms with Gasteiger partial charge >= 0.3 is 0 Å². The molecule has 0 saturated carbocycles. The molecule has 0 fully saturated rings. The van der Waals surface area contributed by atoms with Gasteiger partial charge < -0.3 is 5.32 Å². The maximum absolute atomic E-state index is 13.5. The Morgan fingerprint density at radius 1 is 0.744 bits per heavy atom. The predicted molar refractivity (Wildman–Crippen MR) is 154 cm³/mol. The van der Waals surface area contributed by atoms with Gasteiger partial charge in [0.25, 0.3) is 20.0 Å². The third kappa shape index (κ3) is 7.10. The van der Waals surface area contributed by atoms with Gasteiger partial charge in [-0.3, -0.25) is 13.8 Å². The summed E-state index contributed by atoms with van der Waals surface area (Å²) in [5, 5.41) is 3.00. The molecule has 202 valence electrons. The molecule has 4 aromatic rings. The van der Waals surface area contributed by atoms with Crippen molar-refractivity contribution < 1.29 is 21.6 Å². The van der Waals surface area contributed by atoms with Crippen LogP contribution in [0, 0.1) is 6.92 Å². The van der Waals surface area contributed by atoms with Gasteiger partial charge in [0.15, 0.2) is 0 Å². The van der Waals surface area contributed by atoms with Gasteiger partial charge in [-0.2, -0.15) is 0 Å².